The first kappa shape index (κ1) is 16.3. The molecule has 26 heavy (non-hydrogen) atoms. The van der Waals surface area contributed by atoms with Crippen LogP contribution < -0.4 is 14.8 Å². The van der Waals surface area contributed by atoms with Gasteiger partial charge in [0, 0.05) is 23.6 Å². The first-order valence-corrected chi connectivity index (χ1v) is 7.91. The minimum atomic E-state index is -3.71. The number of aromatic nitrogens is 2. The minimum Gasteiger partial charge on any atom is -0.395 e. The Balaban J connectivity index is 1.62. The zero-order valence-corrected chi connectivity index (χ0v) is 13.8. The fourth-order valence-electron chi connectivity index (χ4n) is 2.59. The summed E-state index contributed by atoms with van der Waals surface area (Å²) in [5.74, 6) is -0.713. The molecular weight excluding hydrogens is 364 g/mol. The Kier molecular flexibility index (Phi) is 3.73. The molecule has 2 N–H and O–H groups in total. The van der Waals surface area contributed by atoms with Gasteiger partial charge in [0.15, 0.2) is 16.3 Å². The molecule has 4 rings (SSSR count). The highest BCUT2D eigenvalue weighted by Crippen LogP contribution is 2.42. The van der Waals surface area contributed by atoms with Gasteiger partial charge in [-0.1, -0.05) is 18.2 Å². The number of aromatic amines is 1. The van der Waals surface area contributed by atoms with Crippen LogP contribution in [-0.2, 0) is 0 Å². The maximum atomic E-state index is 13.1. The third-order valence-corrected chi connectivity index (χ3v) is 3.98. The van der Waals surface area contributed by atoms with Crippen molar-refractivity contribution in [3.63, 3.8) is 0 Å². The number of para-hydroxylation sites is 1. The number of rotatable bonds is 3. The van der Waals surface area contributed by atoms with Crippen LogP contribution in [0.3, 0.4) is 0 Å². The van der Waals surface area contributed by atoms with Crippen molar-refractivity contribution >= 4 is 23.8 Å². The van der Waals surface area contributed by atoms with E-state index in [1.165, 1.54) is 24.4 Å². The van der Waals surface area contributed by atoms with E-state index in [0.29, 0.717) is 10.5 Å². The Bertz CT molecular complexity index is 1050. The fraction of sp³-hybridized carbons (Fsp3) is 0.0588. The minimum absolute atomic E-state index is 0.0955. The Morgan fingerprint density at radius 2 is 1.85 bits per heavy atom. The second kappa shape index (κ2) is 5.95. The summed E-state index contributed by atoms with van der Waals surface area (Å²) >= 11 is 5.24. The number of fused-ring (bicyclic) bond motifs is 1. The summed E-state index contributed by atoms with van der Waals surface area (Å²) in [6.07, 6.45) is -2.23. The molecule has 3 aromatic rings. The molecule has 2 heterocycles. The average molecular weight is 375 g/mol. The molecular formula is C17H11F2N3O3S. The van der Waals surface area contributed by atoms with Crippen LogP contribution in [0.2, 0.25) is 0 Å². The summed E-state index contributed by atoms with van der Waals surface area (Å²) < 4.78 is 36.8. The van der Waals surface area contributed by atoms with Crippen LogP contribution in [0, 0.1) is 4.77 Å². The van der Waals surface area contributed by atoms with E-state index in [-0.39, 0.29) is 22.9 Å². The van der Waals surface area contributed by atoms with E-state index in [0.717, 1.165) is 0 Å². The van der Waals surface area contributed by atoms with Gasteiger partial charge >= 0.3 is 6.29 Å². The largest absolute Gasteiger partial charge is 0.586 e. The molecule has 1 amide bonds. The van der Waals surface area contributed by atoms with Crippen molar-refractivity contribution in [2.45, 2.75) is 6.29 Å². The SMILES string of the molecule is O=C(Nc1ccc2c(c1)OC(F)(F)O2)c1c[nH]c(=S)n1-c1ccccc1. The second-order valence-electron chi connectivity index (χ2n) is 5.43. The van der Waals surface area contributed by atoms with Crippen LogP contribution in [0.25, 0.3) is 5.69 Å². The summed E-state index contributed by atoms with van der Waals surface area (Å²) in [6, 6.07) is 13.1. The fourth-order valence-corrected chi connectivity index (χ4v) is 2.85. The van der Waals surface area contributed by atoms with Crippen LogP contribution >= 0.6 is 12.2 Å². The predicted molar refractivity (Wildman–Crippen MR) is 91.6 cm³/mol. The van der Waals surface area contributed by atoms with Gasteiger partial charge in [-0.15, -0.1) is 8.78 Å². The van der Waals surface area contributed by atoms with E-state index < -0.39 is 12.2 Å². The van der Waals surface area contributed by atoms with Crippen LogP contribution in [-0.4, -0.2) is 21.8 Å². The average Bonchev–Trinajstić information content (AvgIpc) is 3.13. The Morgan fingerprint density at radius 3 is 2.62 bits per heavy atom. The normalized spacial score (nSPS) is 14.2. The second-order valence-corrected chi connectivity index (χ2v) is 5.82. The molecule has 1 aliphatic rings. The quantitative estimate of drug-likeness (QED) is 0.676. The molecule has 0 saturated heterocycles. The topological polar surface area (TPSA) is 68.3 Å². The lowest BCUT2D eigenvalue weighted by Crippen LogP contribution is -2.25. The van der Waals surface area contributed by atoms with E-state index in [1.807, 2.05) is 30.3 Å². The molecule has 0 saturated carbocycles. The molecule has 0 spiro atoms. The summed E-state index contributed by atoms with van der Waals surface area (Å²) in [5, 5.41) is 2.63. The van der Waals surface area contributed by atoms with E-state index in [2.05, 4.69) is 19.8 Å². The summed E-state index contributed by atoms with van der Waals surface area (Å²) in [7, 11) is 0. The highest BCUT2D eigenvalue weighted by molar-refractivity contribution is 7.71. The van der Waals surface area contributed by atoms with Crippen LogP contribution in [0.5, 0.6) is 11.5 Å². The van der Waals surface area contributed by atoms with E-state index in [1.54, 1.807) is 4.57 Å². The number of hydrogen-bond donors (Lipinski definition) is 2. The molecule has 9 heteroatoms. The molecule has 0 unspecified atom stereocenters. The first-order chi connectivity index (χ1) is 12.4. The maximum Gasteiger partial charge on any atom is 0.586 e. The molecule has 1 aromatic heterocycles. The number of alkyl halides is 2. The summed E-state index contributed by atoms with van der Waals surface area (Å²) in [4.78, 5) is 15.5. The lowest BCUT2D eigenvalue weighted by molar-refractivity contribution is -0.286. The number of anilines is 1. The number of nitrogens with one attached hydrogen (secondary N) is 2. The predicted octanol–water partition coefficient (Wildman–Crippen LogP) is 4.11. The van der Waals surface area contributed by atoms with Crippen molar-refractivity contribution in [1.82, 2.24) is 9.55 Å². The van der Waals surface area contributed by atoms with Gasteiger partial charge in [-0.05, 0) is 36.5 Å². The number of halogens is 2. The van der Waals surface area contributed by atoms with Gasteiger partial charge in [0.05, 0.1) is 0 Å². The van der Waals surface area contributed by atoms with E-state index in [4.69, 9.17) is 12.2 Å². The molecule has 132 valence electrons. The number of H-pyrrole nitrogens is 1. The number of ether oxygens (including phenoxy) is 2. The Hall–Kier alpha value is -3.20. The van der Waals surface area contributed by atoms with Crippen molar-refractivity contribution in [3.8, 4) is 17.2 Å². The number of carbonyl (C=O) groups excluding carboxylic acids is 1. The molecule has 0 radical (unpaired) electrons. The lowest BCUT2D eigenvalue weighted by atomic mass is 10.2. The van der Waals surface area contributed by atoms with Gasteiger partial charge in [-0.2, -0.15) is 0 Å². The van der Waals surface area contributed by atoms with E-state index in [9.17, 15) is 13.6 Å². The van der Waals surface area contributed by atoms with Crippen molar-refractivity contribution in [3.05, 3.63) is 65.2 Å². The van der Waals surface area contributed by atoms with Gasteiger partial charge < -0.3 is 19.8 Å². The van der Waals surface area contributed by atoms with Crippen LogP contribution in [0.15, 0.2) is 54.7 Å². The highest BCUT2D eigenvalue weighted by atomic mass is 32.1. The Labute approximate surface area is 151 Å². The molecule has 1 aliphatic heterocycles. The number of hydrogen-bond acceptors (Lipinski definition) is 4. The summed E-state index contributed by atoms with van der Waals surface area (Å²) in [6.45, 7) is 0. The number of imidazole rings is 1. The number of carbonyl (C=O) groups is 1. The molecule has 2 aromatic carbocycles. The van der Waals surface area contributed by atoms with Gasteiger partial charge in [-0.3, -0.25) is 9.36 Å². The van der Waals surface area contributed by atoms with Gasteiger partial charge in [0.2, 0.25) is 0 Å². The van der Waals surface area contributed by atoms with Gasteiger partial charge in [0.25, 0.3) is 5.91 Å². The van der Waals surface area contributed by atoms with Gasteiger partial charge in [-0.25, -0.2) is 0 Å². The zero-order chi connectivity index (χ0) is 18.3. The molecule has 6 nitrogen and oxygen atoms in total. The van der Waals surface area contributed by atoms with Crippen molar-refractivity contribution in [2.24, 2.45) is 0 Å². The standard InChI is InChI=1S/C17H11F2N3O3S/c18-17(19)24-13-7-6-10(8-14(13)25-17)21-15(23)12-9-20-16(26)22(12)11-4-2-1-3-5-11/h1-9H,(H,20,26)(H,21,23). The highest BCUT2D eigenvalue weighted by Gasteiger charge is 2.43. The monoisotopic (exact) mass is 375 g/mol. The van der Waals surface area contributed by atoms with Gasteiger partial charge in [0.1, 0.15) is 5.69 Å². The third-order valence-electron chi connectivity index (χ3n) is 3.68. The summed E-state index contributed by atoms with van der Waals surface area (Å²) in [5.41, 5.74) is 1.26. The number of benzene rings is 2. The maximum absolute atomic E-state index is 13.1. The molecule has 0 aliphatic carbocycles. The van der Waals surface area contributed by atoms with Crippen molar-refractivity contribution in [1.29, 1.82) is 0 Å². The smallest absolute Gasteiger partial charge is 0.395 e. The zero-order valence-electron chi connectivity index (χ0n) is 13.0. The molecule has 0 bridgehead atoms. The third kappa shape index (κ3) is 2.93. The first-order valence-electron chi connectivity index (χ1n) is 7.50. The van der Waals surface area contributed by atoms with Crippen molar-refractivity contribution in [2.75, 3.05) is 5.32 Å². The van der Waals surface area contributed by atoms with E-state index >= 15 is 0 Å². The van der Waals surface area contributed by atoms with Crippen LogP contribution in [0.4, 0.5) is 14.5 Å². The molecule has 0 fully saturated rings. The Morgan fingerprint density at radius 1 is 1.12 bits per heavy atom. The lowest BCUT2D eigenvalue weighted by Gasteiger charge is -2.09. The molecule has 0 atom stereocenters. The number of amides is 1. The number of nitrogens with zero attached hydrogens (tertiary/aromatic N) is 1. The van der Waals surface area contributed by atoms with Crippen LogP contribution in [0.1, 0.15) is 10.5 Å². The van der Waals surface area contributed by atoms with Crippen molar-refractivity contribution < 1.29 is 23.0 Å².